The Labute approximate surface area is 132 Å². The van der Waals surface area contributed by atoms with E-state index in [2.05, 4.69) is 10.5 Å². The molecule has 22 heavy (non-hydrogen) atoms. The zero-order valence-corrected chi connectivity index (χ0v) is 13.2. The number of nitrogens with one attached hydrogen (secondary N) is 1. The van der Waals surface area contributed by atoms with Gasteiger partial charge in [0.25, 0.3) is 5.91 Å². The summed E-state index contributed by atoms with van der Waals surface area (Å²) in [6.07, 6.45) is 0. The van der Waals surface area contributed by atoms with Gasteiger partial charge in [-0.25, -0.2) is 0 Å². The summed E-state index contributed by atoms with van der Waals surface area (Å²) >= 11 is 1.61. The molecule has 2 aromatic heterocycles. The molecule has 1 aromatic carbocycles. The molecule has 3 rings (SSSR count). The van der Waals surface area contributed by atoms with Crippen molar-refractivity contribution in [1.29, 1.82) is 0 Å². The molecule has 112 valence electrons. The van der Waals surface area contributed by atoms with E-state index in [0.717, 1.165) is 16.7 Å². The minimum atomic E-state index is -0.164. The van der Waals surface area contributed by atoms with Gasteiger partial charge in [0.05, 0.1) is 5.69 Å². The largest absolute Gasteiger partial charge is 0.355 e. The van der Waals surface area contributed by atoms with Gasteiger partial charge in [-0.05, 0) is 41.8 Å². The molecular weight excluding hydrogens is 296 g/mol. The van der Waals surface area contributed by atoms with Crippen molar-refractivity contribution in [2.45, 2.75) is 20.4 Å². The third kappa shape index (κ3) is 2.80. The minimum absolute atomic E-state index is 0.164. The van der Waals surface area contributed by atoms with E-state index in [9.17, 15) is 4.79 Å². The molecular formula is C17H16N2O2S. The number of thiophene rings is 1. The molecule has 0 saturated carbocycles. The van der Waals surface area contributed by atoms with E-state index in [0.29, 0.717) is 23.6 Å². The highest BCUT2D eigenvalue weighted by Crippen LogP contribution is 2.28. The van der Waals surface area contributed by atoms with Crippen molar-refractivity contribution in [1.82, 2.24) is 10.5 Å². The summed E-state index contributed by atoms with van der Waals surface area (Å²) in [6.45, 7) is 4.27. The van der Waals surface area contributed by atoms with E-state index in [1.807, 2.05) is 48.0 Å². The van der Waals surface area contributed by atoms with Crippen molar-refractivity contribution in [3.8, 4) is 11.3 Å². The van der Waals surface area contributed by atoms with Crippen molar-refractivity contribution in [2.24, 2.45) is 0 Å². The first kappa shape index (κ1) is 14.5. The normalized spacial score (nSPS) is 10.6. The second-order valence-electron chi connectivity index (χ2n) is 5.10. The molecule has 0 unspecified atom stereocenters. The van der Waals surface area contributed by atoms with E-state index < -0.39 is 0 Å². The Bertz CT molecular complexity index is 791. The van der Waals surface area contributed by atoms with E-state index in [-0.39, 0.29) is 5.91 Å². The standard InChI is InChI=1S/C17H16N2O2S/c1-11-5-3-4-6-14(11)16-15(12(2)19-21-16)17(20)18-9-13-7-8-22-10-13/h3-8,10H,9H2,1-2H3,(H,18,20). The first-order chi connectivity index (χ1) is 10.7. The molecule has 0 aliphatic carbocycles. The van der Waals surface area contributed by atoms with Crippen molar-refractivity contribution >= 4 is 17.2 Å². The SMILES string of the molecule is Cc1ccccc1-c1onc(C)c1C(=O)NCc1ccsc1. The maximum atomic E-state index is 12.5. The van der Waals surface area contributed by atoms with Crippen LogP contribution in [0.2, 0.25) is 0 Å². The Morgan fingerprint density at radius 2 is 2.09 bits per heavy atom. The Morgan fingerprint density at radius 3 is 2.82 bits per heavy atom. The van der Waals surface area contributed by atoms with Gasteiger partial charge in [-0.15, -0.1) is 0 Å². The van der Waals surface area contributed by atoms with E-state index in [4.69, 9.17) is 4.52 Å². The second kappa shape index (κ2) is 6.15. The average Bonchev–Trinajstić information content (AvgIpc) is 3.15. The van der Waals surface area contributed by atoms with Crippen LogP contribution < -0.4 is 5.32 Å². The van der Waals surface area contributed by atoms with Gasteiger partial charge in [0, 0.05) is 12.1 Å². The number of benzene rings is 1. The monoisotopic (exact) mass is 312 g/mol. The molecule has 0 atom stereocenters. The van der Waals surface area contributed by atoms with E-state index in [1.165, 1.54) is 0 Å². The number of carbonyl (C=O) groups excluding carboxylic acids is 1. The number of hydrogen-bond donors (Lipinski definition) is 1. The van der Waals surface area contributed by atoms with Crippen LogP contribution in [0.15, 0.2) is 45.6 Å². The molecule has 2 heterocycles. The summed E-state index contributed by atoms with van der Waals surface area (Å²) in [5.41, 5.74) is 4.13. The first-order valence-electron chi connectivity index (χ1n) is 6.98. The lowest BCUT2D eigenvalue weighted by Crippen LogP contribution is -2.23. The second-order valence-corrected chi connectivity index (χ2v) is 5.88. The van der Waals surface area contributed by atoms with Gasteiger partial charge < -0.3 is 9.84 Å². The molecule has 3 aromatic rings. The maximum Gasteiger partial charge on any atom is 0.257 e. The Hall–Kier alpha value is -2.40. The molecule has 4 nitrogen and oxygen atoms in total. The summed E-state index contributed by atoms with van der Waals surface area (Å²) in [6, 6.07) is 9.80. The Kier molecular flexibility index (Phi) is 4.06. The quantitative estimate of drug-likeness (QED) is 0.793. The Balaban J connectivity index is 1.89. The predicted octanol–water partition coefficient (Wildman–Crippen LogP) is 3.95. The van der Waals surface area contributed by atoms with Gasteiger partial charge in [0.1, 0.15) is 5.56 Å². The number of rotatable bonds is 4. The minimum Gasteiger partial charge on any atom is -0.355 e. The summed E-state index contributed by atoms with van der Waals surface area (Å²) in [7, 11) is 0. The molecule has 0 bridgehead atoms. The highest BCUT2D eigenvalue weighted by atomic mass is 32.1. The molecule has 0 aliphatic rings. The number of aromatic nitrogens is 1. The maximum absolute atomic E-state index is 12.5. The number of nitrogens with zero attached hydrogens (tertiary/aromatic N) is 1. The molecule has 0 aliphatic heterocycles. The van der Waals surface area contributed by atoms with Crippen molar-refractivity contribution < 1.29 is 9.32 Å². The van der Waals surface area contributed by atoms with Gasteiger partial charge in [-0.3, -0.25) is 4.79 Å². The summed E-state index contributed by atoms with van der Waals surface area (Å²) in [5.74, 6) is 0.363. The molecule has 1 N–H and O–H groups in total. The van der Waals surface area contributed by atoms with Crippen molar-refractivity contribution in [3.63, 3.8) is 0 Å². The number of amides is 1. The number of hydrogen-bond acceptors (Lipinski definition) is 4. The van der Waals surface area contributed by atoms with Crippen LogP contribution in [0.4, 0.5) is 0 Å². The van der Waals surface area contributed by atoms with Crippen LogP contribution in [-0.2, 0) is 6.54 Å². The zero-order valence-electron chi connectivity index (χ0n) is 12.4. The lowest BCUT2D eigenvalue weighted by molar-refractivity contribution is 0.0950. The zero-order chi connectivity index (χ0) is 15.5. The van der Waals surface area contributed by atoms with Gasteiger partial charge in [-0.2, -0.15) is 11.3 Å². The molecule has 0 fully saturated rings. The van der Waals surface area contributed by atoms with Crippen LogP contribution in [-0.4, -0.2) is 11.1 Å². The predicted molar refractivity (Wildman–Crippen MR) is 86.9 cm³/mol. The molecule has 0 saturated heterocycles. The average molecular weight is 312 g/mol. The van der Waals surface area contributed by atoms with Crippen molar-refractivity contribution in [2.75, 3.05) is 0 Å². The third-order valence-electron chi connectivity index (χ3n) is 3.51. The van der Waals surface area contributed by atoms with Crippen LogP contribution in [0.1, 0.15) is 27.2 Å². The Morgan fingerprint density at radius 1 is 1.27 bits per heavy atom. The topological polar surface area (TPSA) is 55.1 Å². The highest BCUT2D eigenvalue weighted by Gasteiger charge is 2.22. The van der Waals surface area contributed by atoms with Gasteiger partial charge in [0.15, 0.2) is 5.76 Å². The molecule has 1 amide bonds. The van der Waals surface area contributed by atoms with E-state index >= 15 is 0 Å². The van der Waals surface area contributed by atoms with Crippen LogP contribution >= 0.6 is 11.3 Å². The first-order valence-corrected chi connectivity index (χ1v) is 7.92. The van der Waals surface area contributed by atoms with Crippen molar-refractivity contribution in [3.05, 3.63) is 63.5 Å². The molecule has 0 spiro atoms. The van der Waals surface area contributed by atoms with E-state index in [1.54, 1.807) is 18.3 Å². The fourth-order valence-corrected chi connectivity index (χ4v) is 2.98. The van der Waals surface area contributed by atoms with Gasteiger partial charge in [-0.1, -0.05) is 29.4 Å². The fourth-order valence-electron chi connectivity index (χ4n) is 2.31. The summed E-state index contributed by atoms with van der Waals surface area (Å²) in [5, 5.41) is 10.9. The molecule has 5 heteroatoms. The number of carbonyl (C=O) groups is 1. The summed E-state index contributed by atoms with van der Waals surface area (Å²) < 4.78 is 5.41. The lowest BCUT2D eigenvalue weighted by atomic mass is 10.0. The molecule has 0 radical (unpaired) electrons. The third-order valence-corrected chi connectivity index (χ3v) is 4.24. The fraction of sp³-hybridized carbons (Fsp3) is 0.176. The van der Waals surface area contributed by atoms with Gasteiger partial charge in [0.2, 0.25) is 0 Å². The number of aryl methyl sites for hydroxylation is 2. The highest BCUT2D eigenvalue weighted by molar-refractivity contribution is 7.07. The van der Waals surface area contributed by atoms with Crippen LogP contribution in [0, 0.1) is 13.8 Å². The van der Waals surface area contributed by atoms with Crippen LogP contribution in [0.3, 0.4) is 0 Å². The lowest BCUT2D eigenvalue weighted by Gasteiger charge is -2.06. The van der Waals surface area contributed by atoms with Crippen LogP contribution in [0.25, 0.3) is 11.3 Å². The van der Waals surface area contributed by atoms with Gasteiger partial charge >= 0.3 is 0 Å². The summed E-state index contributed by atoms with van der Waals surface area (Å²) in [4.78, 5) is 12.5. The smallest absolute Gasteiger partial charge is 0.257 e. The van der Waals surface area contributed by atoms with Crippen LogP contribution in [0.5, 0.6) is 0 Å².